The highest BCUT2D eigenvalue weighted by Crippen LogP contribution is 2.06. The van der Waals surface area contributed by atoms with Crippen molar-refractivity contribution in [3.8, 4) is 0 Å². The molecule has 3 N–H and O–H groups in total. The fourth-order valence-corrected chi connectivity index (χ4v) is 2.08. The highest BCUT2D eigenvalue weighted by atomic mass is 32.2. The number of ether oxygens (including phenoxy) is 1. The monoisotopic (exact) mass is 273 g/mol. The van der Waals surface area contributed by atoms with Crippen LogP contribution in [0.2, 0.25) is 0 Å². The molecule has 1 atom stereocenters. The standard InChI is InChI=1S/C11H15NO5S/c12-11(13)10(18(14,15)16)6-7-17-8-9-4-2-1-3-5-9/h1-5,10H,6-8H2,(H2,12,13)(H,14,15,16). The first-order chi connectivity index (χ1) is 8.41. The molecule has 0 aromatic heterocycles. The first kappa shape index (κ1) is 14.6. The average molecular weight is 273 g/mol. The fraction of sp³-hybridized carbons (Fsp3) is 0.364. The summed E-state index contributed by atoms with van der Waals surface area (Å²) >= 11 is 0. The minimum absolute atomic E-state index is 0.0162. The molecule has 0 bridgehead atoms. The van der Waals surface area contributed by atoms with E-state index in [1.807, 2.05) is 30.3 Å². The Morgan fingerprint density at radius 3 is 2.44 bits per heavy atom. The lowest BCUT2D eigenvalue weighted by Gasteiger charge is -2.10. The molecule has 0 saturated carbocycles. The Bertz CT molecular complexity index is 485. The smallest absolute Gasteiger partial charge is 0.277 e. The molecule has 0 radical (unpaired) electrons. The van der Waals surface area contributed by atoms with Crippen LogP contribution in [0.25, 0.3) is 0 Å². The maximum Gasteiger partial charge on any atom is 0.277 e. The summed E-state index contributed by atoms with van der Waals surface area (Å²) in [6, 6.07) is 9.28. The molecule has 7 heteroatoms. The Morgan fingerprint density at radius 1 is 1.33 bits per heavy atom. The second-order valence-corrected chi connectivity index (χ2v) is 5.33. The Labute approximate surface area is 105 Å². The minimum atomic E-state index is -4.46. The van der Waals surface area contributed by atoms with Gasteiger partial charge in [-0.1, -0.05) is 30.3 Å². The van der Waals surface area contributed by atoms with Crippen molar-refractivity contribution in [2.75, 3.05) is 6.61 Å². The van der Waals surface area contributed by atoms with E-state index < -0.39 is 21.3 Å². The molecule has 1 unspecified atom stereocenters. The van der Waals surface area contributed by atoms with Gasteiger partial charge in [0.2, 0.25) is 5.91 Å². The van der Waals surface area contributed by atoms with Crippen molar-refractivity contribution in [1.82, 2.24) is 0 Å². The van der Waals surface area contributed by atoms with E-state index in [0.29, 0.717) is 6.61 Å². The van der Waals surface area contributed by atoms with Crippen molar-refractivity contribution in [1.29, 1.82) is 0 Å². The molecule has 0 aliphatic rings. The summed E-state index contributed by atoms with van der Waals surface area (Å²) in [6.07, 6.45) is -0.166. The predicted octanol–water partition coefficient (Wildman–Crippen LogP) is 0.335. The molecule has 1 aromatic rings. The zero-order valence-corrected chi connectivity index (χ0v) is 10.5. The van der Waals surface area contributed by atoms with E-state index in [1.165, 1.54) is 0 Å². The van der Waals surface area contributed by atoms with Gasteiger partial charge in [0, 0.05) is 6.61 Å². The molecule has 0 fully saturated rings. The van der Waals surface area contributed by atoms with Gasteiger partial charge in [-0.2, -0.15) is 8.42 Å². The van der Waals surface area contributed by atoms with Gasteiger partial charge < -0.3 is 10.5 Å². The van der Waals surface area contributed by atoms with Crippen LogP contribution in [0.4, 0.5) is 0 Å². The van der Waals surface area contributed by atoms with Crippen LogP contribution in [0.3, 0.4) is 0 Å². The Balaban J connectivity index is 2.39. The van der Waals surface area contributed by atoms with E-state index in [9.17, 15) is 13.2 Å². The molecular formula is C11H15NO5S. The van der Waals surface area contributed by atoms with Crippen molar-refractivity contribution in [2.45, 2.75) is 18.3 Å². The summed E-state index contributed by atoms with van der Waals surface area (Å²) < 4.78 is 35.7. The highest BCUT2D eigenvalue weighted by Gasteiger charge is 2.28. The van der Waals surface area contributed by atoms with Crippen LogP contribution >= 0.6 is 0 Å². The van der Waals surface area contributed by atoms with E-state index >= 15 is 0 Å². The van der Waals surface area contributed by atoms with Crippen molar-refractivity contribution >= 4 is 16.0 Å². The number of hydrogen-bond donors (Lipinski definition) is 2. The number of amides is 1. The number of carbonyl (C=O) groups is 1. The third-order valence-corrected chi connectivity index (χ3v) is 3.50. The summed E-state index contributed by atoms with van der Waals surface area (Å²) in [5, 5.41) is -1.62. The summed E-state index contributed by atoms with van der Waals surface area (Å²) in [4.78, 5) is 10.8. The van der Waals surface area contributed by atoms with Gasteiger partial charge in [0.05, 0.1) is 6.61 Å². The van der Waals surface area contributed by atoms with E-state index in [0.717, 1.165) is 5.56 Å². The van der Waals surface area contributed by atoms with Gasteiger partial charge in [0.15, 0.2) is 5.25 Å². The molecule has 0 aliphatic carbocycles. The van der Waals surface area contributed by atoms with Crippen LogP contribution in [-0.4, -0.2) is 30.7 Å². The minimum Gasteiger partial charge on any atom is -0.377 e. The average Bonchev–Trinajstić information content (AvgIpc) is 2.27. The van der Waals surface area contributed by atoms with Gasteiger partial charge in [0.25, 0.3) is 10.1 Å². The van der Waals surface area contributed by atoms with Gasteiger partial charge in [-0.15, -0.1) is 0 Å². The number of benzene rings is 1. The van der Waals surface area contributed by atoms with Crippen molar-refractivity contribution in [3.05, 3.63) is 35.9 Å². The normalized spacial score (nSPS) is 13.2. The second-order valence-electron chi connectivity index (χ2n) is 3.73. The molecule has 1 aromatic carbocycles. The first-order valence-corrected chi connectivity index (χ1v) is 6.79. The molecule has 0 heterocycles. The SMILES string of the molecule is NC(=O)C(CCOCc1ccccc1)S(=O)(=O)O. The van der Waals surface area contributed by atoms with Gasteiger partial charge >= 0.3 is 0 Å². The maximum absolute atomic E-state index is 10.8. The molecular weight excluding hydrogens is 258 g/mol. The van der Waals surface area contributed by atoms with E-state index in [2.05, 4.69) is 0 Å². The number of rotatable bonds is 7. The molecule has 1 rings (SSSR count). The van der Waals surface area contributed by atoms with Crippen molar-refractivity contribution < 1.29 is 22.5 Å². The lowest BCUT2D eigenvalue weighted by atomic mass is 10.2. The molecule has 18 heavy (non-hydrogen) atoms. The fourth-order valence-electron chi connectivity index (χ4n) is 1.39. The Kier molecular flexibility index (Phi) is 5.26. The van der Waals surface area contributed by atoms with Crippen LogP contribution < -0.4 is 5.73 Å². The van der Waals surface area contributed by atoms with Crippen LogP contribution in [0.15, 0.2) is 30.3 Å². The zero-order chi connectivity index (χ0) is 13.6. The van der Waals surface area contributed by atoms with Crippen LogP contribution in [-0.2, 0) is 26.3 Å². The van der Waals surface area contributed by atoms with Crippen LogP contribution in [0.5, 0.6) is 0 Å². The molecule has 6 nitrogen and oxygen atoms in total. The quantitative estimate of drug-likeness (QED) is 0.550. The summed E-state index contributed by atoms with van der Waals surface area (Å²) in [5.41, 5.74) is 5.81. The van der Waals surface area contributed by atoms with Crippen molar-refractivity contribution in [3.63, 3.8) is 0 Å². The lowest BCUT2D eigenvalue weighted by Crippen LogP contribution is -2.36. The maximum atomic E-state index is 10.8. The van der Waals surface area contributed by atoms with E-state index in [1.54, 1.807) is 0 Å². The van der Waals surface area contributed by atoms with Gasteiger partial charge in [-0.3, -0.25) is 9.35 Å². The molecule has 0 aliphatic heterocycles. The zero-order valence-electron chi connectivity index (χ0n) is 9.65. The lowest BCUT2D eigenvalue weighted by molar-refractivity contribution is -0.118. The topological polar surface area (TPSA) is 107 Å². The molecule has 100 valence electrons. The number of primary amides is 1. The Morgan fingerprint density at radius 2 is 1.94 bits per heavy atom. The van der Waals surface area contributed by atoms with Crippen molar-refractivity contribution in [2.24, 2.45) is 5.73 Å². The summed E-state index contributed by atoms with van der Waals surface area (Å²) in [7, 11) is -4.46. The third-order valence-electron chi connectivity index (χ3n) is 2.31. The molecule has 0 spiro atoms. The number of carbonyl (C=O) groups excluding carboxylic acids is 1. The van der Waals surface area contributed by atoms with Crippen LogP contribution in [0, 0.1) is 0 Å². The summed E-state index contributed by atoms with van der Waals surface area (Å²) in [6.45, 7) is 0.320. The van der Waals surface area contributed by atoms with E-state index in [4.69, 9.17) is 15.0 Å². The largest absolute Gasteiger partial charge is 0.377 e. The predicted molar refractivity (Wildman–Crippen MR) is 65.2 cm³/mol. The first-order valence-electron chi connectivity index (χ1n) is 5.28. The second kappa shape index (κ2) is 6.48. The van der Waals surface area contributed by atoms with Crippen LogP contribution in [0.1, 0.15) is 12.0 Å². The summed E-state index contributed by atoms with van der Waals surface area (Å²) in [5.74, 6) is -1.08. The van der Waals surface area contributed by atoms with E-state index in [-0.39, 0.29) is 13.0 Å². The number of hydrogen-bond acceptors (Lipinski definition) is 4. The van der Waals surface area contributed by atoms with Gasteiger partial charge in [-0.25, -0.2) is 0 Å². The van der Waals surface area contributed by atoms with Gasteiger partial charge in [-0.05, 0) is 12.0 Å². The molecule has 0 saturated heterocycles. The Hall–Kier alpha value is -1.44. The third kappa shape index (κ3) is 4.82. The highest BCUT2D eigenvalue weighted by molar-refractivity contribution is 7.87. The number of nitrogens with two attached hydrogens (primary N) is 1. The molecule has 1 amide bonds. The van der Waals surface area contributed by atoms with Gasteiger partial charge in [0.1, 0.15) is 0 Å².